The molecule has 1 saturated heterocycles. The maximum Gasteiger partial charge on any atom is 0.272 e. The zero-order valence-corrected chi connectivity index (χ0v) is 23.5. The molecule has 194 valence electrons. The van der Waals surface area contributed by atoms with Crippen LogP contribution in [0.1, 0.15) is 82.6 Å². The molecule has 2 aromatic carbocycles. The number of rotatable bonds is 9. The van der Waals surface area contributed by atoms with E-state index in [9.17, 15) is 4.79 Å². The van der Waals surface area contributed by atoms with Gasteiger partial charge in [0.25, 0.3) is 5.91 Å². The van der Waals surface area contributed by atoms with E-state index in [1.54, 1.807) is 6.21 Å². The van der Waals surface area contributed by atoms with Crippen LogP contribution in [0.2, 0.25) is 5.02 Å². The number of carbonyl (C=O) groups is 1. The fraction of sp³-hybridized carbons (Fsp3) is 0.484. The lowest BCUT2D eigenvalue weighted by molar-refractivity contribution is -0.134. The molecule has 1 amide bonds. The molecule has 1 aliphatic heterocycles. The van der Waals surface area contributed by atoms with Gasteiger partial charge in [-0.3, -0.25) is 9.79 Å². The molecule has 0 atom stereocenters. The van der Waals surface area contributed by atoms with Crippen molar-refractivity contribution in [2.45, 2.75) is 91.7 Å². The first-order chi connectivity index (χ1) is 17.1. The highest BCUT2D eigenvalue weighted by Crippen LogP contribution is 2.29. The minimum absolute atomic E-state index is 0.00515. The van der Waals surface area contributed by atoms with Gasteiger partial charge in [0.1, 0.15) is 11.4 Å². The molecule has 4 nitrogen and oxygen atoms in total. The summed E-state index contributed by atoms with van der Waals surface area (Å²) in [5.74, 6) is 0.960. The van der Waals surface area contributed by atoms with Crippen LogP contribution < -0.4 is 4.74 Å². The van der Waals surface area contributed by atoms with Gasteiger partial charge in [-0.15, -0.1) is 0 Å². The Morgan fingerprint density at radius 3 is 2.67 bits per heavy atom. The Labute approximate surface area is 222 Å². The van der Waals surface area contributed by atoms with E-state index in [1.807, 2.05) is 49.9 Å². The summed E-state index contributed by atoms with van der Waals surface area (Å²) in [6.45, 7) is 13.3. The summed E-state index contributed by atoms with van der Waals surface area (Å²) in [7, 11) is 0. The van der Waals surface area contributed by atoms with Gasteiger partial charge in [0, 0.05) is 23.3 Å². The summed E-state index contributed by atoms with van der Waals surface area (Å²) >= 11 is 6.21. The highest BCUT2D eigenvalue weighted by molar-refractivity contribution is 6.30. The van der Waals surface area contributed by atoms with Gasteiger partial charge in [-0.25, -0.2) is 0 Å². The topological polar surface area (TPSA) is 41.9 Å². The molecule has 5 heteroatoms. The molecule has 1 heterocycles. The van der Waals surface area contributed by atoms with Gasteiger partial charge in [-0.1, -0.05) is 42.8 Å². The van der Waals surface area contributed by atoms with E-state index in [-0.39, 0.29) is 17.6 Å². The maximum absolute atomic E-state index is 13.7. The van der Waals surface area contributed by atoms with Crippen molar-refractivity contribution in [2.24, 2.45) is 4.99 Å². The Morgan fingerprint density at radius 1 is 1.19 bits per heavy atom. The lowest BCUT2D eigenvalue weighted by Crippen LogP contribution is -2.51. The van der Waals surface area contributed by atoms with Crippen molar-refractivity contribution in [3.63, 3.8) is 0 Å². The van der Waals surface area contributed by atoms with Gasteiger partial charge in [-0.2, -0.15) is 0 Å². The van der Waals surface area contributed by atoms with Gasteiger partial charge in [-0.05, 0) is 114 Å². The van der Waals surface area contributed by atoms with Crippen LogP contribution in [0.4, 0.5) is 0 Å². The molecule has 0 spiro atoms. The number of likely N-dealkylation sites (tertiary alicyclic amines) is 1. The third-order valence-electron chi connectivity index (χ3n) is 6.84. The summed E-state index contributed by atoms with van der Waals surface area (Å²) in [5.41, 5.74) is 4.78. The van der Waals surface area contributed by atoms with Crippen LogP contribution in [0.25, 0.3) is 0 Å². The number of carbonyl (C=O) groups excluding carboxylic acids is 1. The summed E-state index contributed by atoms with van der Waals surface area (Å²) < 4.78 is 5.95. The number of amides is 1. The van der Waals surface area contributed by atoms with Crippen LogP contribution in [-0.4, -0.2) is 35.2 Å². The number of aryl methyl sites for hydroxylation is 3. The molecule has 0 unspecified atom stereocenters. The summed E-state index contributed by atoms with van der Waals surface area (Å²) in [4.78, 5) is 20.4. The largest absolute Gasteiger partial charge is 0.491 e. The van der Waals surface area contributed by atoms with Crippen molar-refractivity contribution >= 4 is 23.7 Å². The predicted molar refractivity (Wildman–Crippen MR) is 151 cm³/mol. The highest BCUT2D eigenvalue weighted by Gasteiger charge is 2.34. The van der Waals surface area contributed by atoms with Gasteiger partial charge < -0.3 is 9.64 Å². The number of aliphatic imine (C=N–C) groups is 1. The number of halogens is 1. The third kappa shape index (κ3) is 7.46. The lowest BCUT2D eigenvalue weighted by Gasteiger charge is -2.42. The van der Waals surface area contributed by atoms with E-state index in [0.29, 0.717) is 10.7 Å². The minimum Gasteiger partial charge on any atom is -0.491 e. The van der Waals surface area contributed by atoms with Crippen LogP contribution in [-0.2, 0) is 17.6 Å². The Hall–Kier alpha value is -2.59. The number of piperidine rings is 1. The molecule has 2 aromatic rings. The number of hydrogen-bond acceptors (Lipinski definition) is 3. The Bertz CT molecular complexity index is 1120. The molecule has 0 saturated carbocycles. The van der Waals surface area contributed by atoms with E-state index in [0.717, 1.165) is 61.9 Å². The maximum atomic E-state index is 13.7. The van der Waals surface area contributed by atoms with Gasteiger partial charge >= 0.3 is 0 Å². The molecule has 1 fully saturated rings. The molecule has 36 heavy (non-hydrogen) atoms. The average molecular weight is 509 g/mol. The van der Waals surface area contributed by atoms with Crippen molar-refractivity contribution in [3.05, 3.63) is 75.4 Å². The van der Waals surface area contributed by atoms with Gasteiger partial charge in [0.05, 0.1) is 6.10 Å². The smallest absolute Gasteiger partial charge is 0.272 e. The number of hydrogen-bond donors (Lipinski definition) is 0. The summed E-state index contributed by atoms with van der Waals surface area (Å²) in [6.07, 6.45) is 9.59. The minimum atomic E-state index is -0.168. The van der Waals surface area contributed by atoms with Crippen LogP contribution in [0.15, 0.2) is 53.2 Å². The van der Waals surface area contributed by atoms with Crippen LogP contribution in [0.3, 0.4) is 0 Å². The molecular formula is C31H41ClN2O2. The predicted octanol–water partition coefficient (Wildman–Crippen LogP) is 7.72. The quantitative estimate of drug-likeness (QED) is 0.257. The summed E-state index contributed by atoms with van der Waals surface area (Å²) in [6, 6.07) is 12.1. The molecule has 0 aliphatic carbocycles. The average Bonchev–Trinajstić information content (AvgIpc) is 2.83. The molecule has 0 bridgehead atoms. The number of nitrogens with zero attached hydrogens (tertiary/aromatic N) is 2. The third-order valence-corrected chi connectivity index (χ3v) is 7.07. The second-order valence-corrected chi connectivity index (χ2v) is 11.0. The number of allylic oxidation sites excluding steroid dienone is 1. The molecule has 1 aliphatic rings. The van der Waals surface area contributed by atoms with Crippen molar-refractivity contribution < 1.29 is 9.53 Å². The van der Waals surface area contributed by atoms with Gasteiger partial charge in [0.15, 0.2) is 0 Å². The van der Waals surface area contributed by atoms with Crippen LogP contribution in [0, 0.1) is 6.92 Å². The molecule has 0 aromatic heterocycles. The number of benzene rings is 2. The van der Waals surface area contributed by atoms with Crippen LogP contribution >= 0.6 is 11.6 Å². The lowest BCUT2D eigenvalue weighted by atomic mass is 9.90. The van der Waals surface area contributed by atoms with Crippen LogP contribution in [0.5, 0.6) is 5.75 Å². The monoisotopic (exact) mass is 508 g/mol. The first-order valence-electron chi connectivity index (χ1n) is 13.2. The number of ether oxygens (including phenoxy) is 1. The fourth-order valence-electron chi connectivity index (χ4n) is 4.67. The van der Waals surface area contributed by atoms with Crippen molar-refractivity contribution in [1.82, 2.24) is 4.90 Å². The second-order valence-electron chi connectivity index (χ2n) is 10.6. The zero-order chi connectivity index (χ0) is 26.3. The second kappa shape index (κ2) is 12.6. The Balaban J connectivity index is 1.85. The molecular weight excluding hydrogens is 468 g/mol. The van der Waals surface area contributed by atoms with Crippen molar-refractivity contribution in [2.75, 3.05) is 6.54 Å². The Kier molecular flexibility index (Phi) is 9.78. The van der Waals surface area contributed by atoms with E-state index >= 15 is 0 Å². The van der Waals surface area contributed by atoms with E-state index in [2.05, 4.69) is 39.0 Å². The normalized spacial score (nSPS) is 16.1. The standard InChI is InChI=1S/C31H41ClN2O2/c1-7-25-19-24(14-16-29(25)36-22(2)3)11-10-12-28(30(35)34-18-9-8-17-31(34,5)6)33-21-26-20-27(32)15-13-23(26)4/h12-16,19-22H,7-11,17-18H2,1-6H3/b28-12+,33-21+. The van der Waals surface area contributed by atoms with E-state index in [4.69, 9.17) is 21.3 Å². The van der Waals surface area contributed by atoms with Gasteiger partial charge in [0.2, 0.25) is 0 Å². The molecule has 0 N–H and O–H groups in total. The van der Waals surface area contributed by atoms with Crippen molar-refractivity contribution in [1.29, 1.82) is 0 Å². The summed E-state index contributed by atoms with van der Waals surface area (Å²) in [5, 5.41) is 0.660. The SMILES string of the molecule is CCc1cc(CC/C=C(/N=C/c2cc(Cl)ccc2C)C(=O)N2CCCCC2(C)C)ccc1OC(C)C. The van der Waals surface area contributed by atoms with E-state index in [1.165, 1.54) is 11.1 Å². The van der Waals surface area contributed by atoms with E-state index < -0.39 is 0 Å². The van der Waals surface area contributed by atoms with Crippen molar-refractivity contribution in [3.8, 4) is 5.75 Å². The zero-order valence-electron chi connectivity index (χ0n) is 22.7. The fourth-order valence-corrected chi connectivity index (χ4v) is 4.85. The highest BCUT2D eigenvalue weighted by atomic mass is 35.5. The first-order valence-corrected chi connectivity index (χ1v) is 13.6. The first kappa shape index (κ1) is 28.0. The Morgan fingerprint density at radius 2 is 1.97 bits per heavy atom. The molecule has 0 radical (unpaired) electrons. The molecule has 3 rings (SSSR count).